The van der Waals surface area contributed by atoms with Crippen molar-refractivity contribution >= 4 is 29.0 Å². The average molecular weight is 279 g/mol. The van der Waals surface area contributed by atoms with Gasteiger partial charge in [0, 0.05) is 17.4 Å². The highest BCUT2D eigenvalue weighted by molar-refractivity contribution is 7.09. The summed E-state index contributed by atoms with van der Waals surface area (Å²) in [6, 6.07) is 5.31. The Labute approximate surface area is 113 Å². The maximum Gasteiger partial charge on any atom is 0.353 e. The summed E-state index contributed by atoms with van der Waals surface area (Å²) >= 11 is 1.67. The van der Waals surface area contributed by atoms with Crippen LogP contribution in [-0.4, -0.2) is 27.2 Å². The molecular formula is C12H13N3O3S. The first-order chi connectivity index (χ1) is 9.15. The van der Waals surface area contributed by atoms with E-state index in [2.05, 4.69) is 15.5 Å². The van der Waals surface area contributed by atoms with Crippen LogP contribution in [0.1, 0.15) is 28.2 Å². The van der Waals surface area contributed by atoms with Crippen molar-refractivity contribution in [3.63, 3.8) is 0 Å². The van der Waals surface area contributed by atoms with Crippen LogP contribution in [0.15, 0.2) is 23.6 Å². The minimum absolute atomic E-state index is 0.0473. The standard InChI is InChI=1S/C12H13N3O3S/c16-11(5-1-3-8-4-2-6-19-8)13-10-7-9(12(17)18)14-15-10/h2,4,6-7H,1,3,5H2,(H,17,18)(H2,13,14,15,16). The molecule has 19 heavy (non-hydrogen) atoms. The molecule has 0 saturated carbocycles. The SMILES string of the molecule is O=C(CCCc1cccs1)Nc1cc(C(=O)O)[nH]n1. The third-order valence-electron chi connectivity index (χ3n) is 2.48. The maximum atomic E-state index is 11.6. The van der Waals surface area contributed by atoms with Crippen molar-refractivity contribution < 1.29 is 14.7 Å². The van der Waals surface area contributed by atoms with Crippen molar-refractivity contribution in [2.24, 2.45) is 0 Å². The molecule has 0 radical (unpaired) electrons. The van der Waals surface area contributed by atoms with Gasteiger partial charge in [0.05, 0.1) is 0 Å². The molecule has 6 nitrogen and oxygen atoms in total. The number of aromatic amines is 1. The van der Waals surface area contributed by atoms with E-state index in [0.717, 1.165) is 12.8 Å². The molecule has 0 fully saturated rings. The number of hydrogen-bond acceptors (Lipinski definition) is 4. The van der Waals surface area contributed by atoms with Crippen molar-refractivity contribution in [1.82, 2.24) is 10.2 Å². The van der Waals surface area contributed by atoms with Crippen LogP contribution in [0.25, 0.3) is 0 Å². The van der Waals surface area contributed by atoms with Crippen molar-refractivity contribution in [2.45, 2.75) is 19.3 Å². The van der Waals surface area contributed by atoms with Crippen molar-refractivity contribution in [3.05, 3.63) is 34.2 Å². The minimum Gasteiger partial charge on any atom is -0.477 e. The molecule has 0 aliphatic carbocycles. The van der Waals surface area contributed by atoms with E-state index in [-0.39, 0.29) is 17.4 Å². The van der Waals surface area contributed by atoms with E-state index < -0.39 is 5.97 Å². The monoisotopic (exact) mass is 279 g/mol. The first-order valence-corrected chi connectivity index (χ1v) is 6.64. The van der Waals surface area contributed by atoms with Crippen molar-refractivity contribution in [2.75, 3.05) is 5.32 Å². The second-order valence-corrected chi connectivity index (χ2v) is 4.99. The molecule has 2 aromatic rings. The highest BCUT2D eigenvalue weighted by atomic mass is 32.1. The molecule has 0 spiro atoms. The average Bonchev–Trinajstić information content (AvgIpc) is 3.00. The number of nitrogens with zero attached hydrogens (tertiary/aromatic N) is 1. The molecule has 1 amide bonds. The summed E-state index contributed by atoms with van der Waals surface area (Å²) in [5.74, 6) is -1.04. The van der Waals surface area contributed by atoms with Gasteiger partial charge in [-0.15, -0.1) is 11.3 Å². The zero-order valence-electron chi connectivity index (χ0n) is 10.0. The Morgan fingerprint density at radius 1 is 1.47 bits per heavy atom. The topological polar surface area (TPSA) is 95.1 Å². The van der Waals surface area contributed by atoms with E-state index in [4.69, 9.17) is 5.11 Å². The summed E-state index contributed by atoms with van der Waals surface area (Å²) < 4.78 is 0. The van der Waals surface area contributed by atoms with E-state index in [0.29, 0.717) is 6.42 Å². The van der Waals surface area contributed by atoms with Crippen LogP contribution in [-0.2, 0) is 11.2 Å². The predicted octanol–water partition coefficient (Wildman–Crippen LogP) is 2.13. The normalized spacial score (nSPS) is 10.3. The molecule has 0 aliphatic heterocycles. The van der Waals surface area contributed by atoms with Crippen LogP contribution < -0.4 is 5.32 Å². The second kappa shape index (κ2) is 6.14. The Balaban J connectivity index is 1.75. The zero-order chi connectivity index (χ0) is 13.7. The largest absolute Gasteiger partial charge is 0.477 e. The van der Waals surface area contributed by atoms with Crippen molar-refractivity contribution in [3.8, 4) is 0 Å². The molecule has 2 rings (SSSR count). The fourth-order valence-electron chi connectivity index (χ4n) is 1.58. The number of amides is 1. The number of carbonyl (C=O) groups is 2. The summed E-state index contributed by atoms with van der Waals surface area (Å²) in [6.07, 6.45) is 2.00. The number of aryl methyl sites for hydroxylation is 1. The Hall–Kier alpha value is -2.15. The van der Waals surface area contributed by atoms with Crippen LogP contribution in [0.4, 0.5) is 5.82 Å². The number of anilines is 1. The van der Waals surface area contributed by atoms with Crippen LogP contribution >= 0.6 is 11.3 Å². The summed E-state index contributed by atoms with van der Waals surface area (Å²) in [7, 11) is 0. The predicted molar refractivity (Wildman–Crippen MR) is 71.4 cm³/mol. The fraction of sp³-hybridized carbons (Fsp3) is 0.250. The van der Waals surface area contributed by atoms with Crippen molar-refractivity contribution in [1.29, 1.82) is 0 Å². The van der Waals surface area contributed by atoms with Gasteiger partial charge in [0.25, 0.3) is 0 Å². The molecule has 0 bridgehead atoms. The number of thiophene rings is 1. The number of carboxylic acid groups (broad SMARTS) is 1. The lowest BCUT2D eigenvalue weighted by molar-refractivity contribution is -0.116. The smallest absolute Gasteiger partial charge is 0.353 e. The van der Waals surface area contributed by atoms with Gasteiger partial charge in [-0.1, -0.05) is 6.07 Å². The number of aromatic nitrogens is 2. The van der Waals surface area contributed by atoms with Crippen LogP contribution in [0.2, 0.25) is 0 Å². The molecule has 100 valence electrons. The lowest BCUT2D eigenvalue weighted by atomic mass is 10.2. The van der Waals surface area contributed by atoms with Gasteiger partial charge in [0.15, 0.2) is 5.82 Å². The van der Waals surface area contributed by atoms with Gasteiger partial charge < -0.3 is 10.4 Å². The van der Waals surface area contributed by atoms with Gasteiger partial charge in [-0.2, -0.15) is 5.10 Å². The number of H-pyrrole nitrogens is 1. The van der Waals surface area contributed by atoms with E-state index in [9.17, 15) is 9.59 Å². The Bertz CT molecular complexity index is 563. The highest BCUT2D eigenvalue weighted by Crippen LogP contribution is 2.12. The van der Waals surface area contributed by atoms with Gasteiger partial charge in [-0.25, -0.2) is 4.79 Å². The molecular weight excluding hydrogens is 266 g/mol. The first kappa shape index (κ1) is 13.3. The molecule has 2 aromatic heterocycles. The van der Waals surface area contributed by atoms with Crippen LogP contribution in [0, 0.1) is 0 Å². The lowest BCUT2D eigenvalue weighted by Crippen LogP contribution is -2.11. The number of nitrogens with one attached hydrogen (secondary N) is 2. The molecule has 7 heteroatoms. The number of hydrogen-bond donors (Lipinski definition) is 3. The zero-order valence-corrected chi connectivity index (χ0v) is 10.9. The minimum atomic E-state index is -1.11. The van der Waals surface area contributed by atoms with Gasteiger partial charge in [-0.05, 0) is 24.3 Å². The molecule has 0 aliphatic rings. The highest BCUT2D eigenvalue weighted by Gasteiger charge is 2.09. The third kappa shape index (κ3) is 3.92. The van der Waals surface area contributed by atoms with E-state index in [1.54, 1.807) is 11.3 Å². The second-order valence-electron chi connectivity index (χ2n) is 3.95. The van der Waals surface area contributed by atoms with E-state index in [1.165, 1.54) is 10.9 Å². The molecule has 0 aromatic carbocycles. The number of aromatic carboxylic acids is 1. The van der Waals surface area contributed by atoms with E-state index in [1.807, 2.05) is 17.5 Å². The van der Waals surface area contributed by atoms with E-state index >= 15 is 0 Å². The van der Waals surface area contributed by atoms with Gasteiger partial charge in [-0.3, -0.25) is 9.89 Å². The van der Waals surface area contributed by atoms with Gasteiger partial charge >= 0.3 is 5.97 Å². The van der Waals surface area contributed by atoms with Crippen LogP contribution in [0.5, 0.6) is 0 Å². The quantitative estimate of drug-likeness (QED) is 0.754. The molecule has 0 atom stereocenters. The first-order valence-electron chi connectivity index (χ1n) is 5.76. The van der Waals surface area contributed by atoms with Gasteiger partial charge in [0.2, 0.25) is 5.91 Å². The number of carboxylic acids is 1. The Kier molecular flexibility index (Phi) is 4.30. The maximum absolute atomic E-state index is 11.6. The Morgan fingerprint density at radius 3 is 2.95 bits per heavy atom. The summed E-state index contributed by atoms with van der Waals surface area (Å²) in [6.45, 7) is 0. The number of rotatable bonds is 6. The third-order valence-corrected chi connectivity index (χ3v) is 3.42. The molecule has 0 saturated heterocycles. The Morgan fingerprint density at radius 2 is 2.32 bits per heavy atom. The molecule has 0 unspecified atom stereocenters. The fourth-order valence-corrected chi connectivity index (χ4v) is 2.33. The number of carbonyl (C=O) groups excluding carboxylic acids is 1. The summed E-state index contributed by atoms with van der Waals surface area (Å²) in [5, 5.41) is 19.3. The molecule has 3 N–H and O–H groups in total. The lowest BCUT2D eigenvalue weighted by Gasteiger charge is -2.00. The van der Waals surface area contributed by atoms with Crippen LogP contribution in [0.3, 0.4) is 0 Å². The summed E-state index contributed by atoms with van der Waals surface area (Å²) in [5.41, 5.74) is -0.0473. The van der Waals surface area contributed by atoms with Gasteiger partial charge in [0.1, 0.15) is 5.69 Å². The summed E-state index contributed by atoms with van der Waals surface area (Å²) in [4.78, 5) is 23.5. The molecule has 2 heterocycles.